The zero-order valence-electron chi connectivity index (χ0n) is 12.1. The summed E-state index contributed by atoms with van der Waals surface area (Å²) in [5.41, 5.74) is 1.26. The first-order chi connectivity index (χ1) is 10.8. The van der Waals surface area contributed by atoms with Gasteiger partial charge in [0.1, 0.15) is 10.8 Å². The Morgan fingerprint density at radius 1 is 1.32 bits per heavy atom. The van der Waals surface area contributed by atoms with Crippen molar-refractivity contribution in [3.8, 4) is 6.07 Å². The number of rotatable bonds is 4. The molecular weight excluding hydrogens is 296 g/mol. The van der Waals surface area contributed by atoms with Crippen molar-refractivity contribution in [1.82, 2.24) is 9.97 Å². The van der Waals surface area contributed by atoms with Crippen molar-refractivity contribution >= 4 is 17.6 Å². The molecule has 1 aliphatic heterocycles. The number of anilines is 1. The average Bonchev–Trinajstić information content (AvgIpc) is 2.61. The Hall–Kier alpha value is -2.10. The van der Waals surface area contributed by atoms with Gasteiger partial charge < -0.3 is 9.64 Å². The molecule has 112 valence electrons. The van der Waals surface area contributed by atoms with E-state index in [0.717, 1.165) is 23.1 Å². The number of ether oxygens (including phenoxy) is 1. The fourth-order valence-corrected chi connectivity index (χ4v) is 3.03. The number of thioether (sulfide) groups is 1. The standard InChI is InChI=1S/C16H16N4OS/c17-8-14-11-20(6-7-21-14)15-9-18-10-16(19-15)22-12-13-4-2-1-3-5-13/h1-5,9-10,14H,6-7,11-12H2. The van der Waals surface area contributed by atoms with Gasteiger partial charge in [-0.3, -0.25) is 4.98 Å². The summed E-state index contributed by atoms with van der Waals surface area (Å²) in [7, 11) is 0. The van der Waals surface area contributed by atoms with Gasteiger partial charge in [-0.2, -0.15) is 5.26 Å². The maximum atomic E-state index is 8.98. The van der Waals surface area contributed by atoms with E-state index < -0.39 is 6.10 Å². The summed E-state index contributed by atoms with van der Waals surface area (Å²) in [5, 5.41) is 9.87. The highest BCUT2D eigenvalue weighted by Crippen LogP contribution is 2.23. The van der Waals surface area contributed by atoms with E-state index in [0.29, 0.717) is 13.2 Å². The van der Waals surface area contributed by atoms with Crippen LogP contribution in [0.3, 0.4) is 0 Å². The molecule has 6 heteroatoms. The molecule has 3 rings (SSSR count). The molecule has 1 fully saturated rings. The van der Waals surface area contributed by atoms with Crippen LogP contribution >= 0.6 is 11.8 Å². The molecule has 0 saturated carbocycles. The molecule has 5 nitrogen and oxygen atoms in total. The molecular formula is C16H16N4OS. The van der Waals surface area contributed by atoms with E-state index in [9.17, 15) is 0 Å². The summed E-state index contributed by atoms with van der Waals surface area (Å²) in [5.74, 6) is 1.67. The molecule has 1 atom stereocenters. The van der Waals surface area contributed by atoms with Crippen LogP contribution in [0.15, 0.2) is 47.8 Å². The van der Waals surface area contributed by atoms with Gasteiger partial charge in [-0.05, 0) is 5.56 Å². The van der Waals surface area contributed by atoms with Crippen LogP contribution in [-0.2, 0) is 10.5 Å². The zero-order chi connectivity index (χ0) is 15.2. The van der Waals surface area contributed by atoms with E-state index in [2.05, 4.69) is 33.1 Å². The predicted octanol–water partition coefficient (Wildman–Crippen LogP) is 2.50. The Labute approximate surface area is 134 Å². The van der Waals surface area contributed by atoms with E-state index in [4.69, 9.17) is 10.00 Å². The number of morpholine rings is 1. The molecule has 2 heterocycles. The van der Waals surface area contributed by atoms with Gasteiger partial charge in [0, 0.05) is 12.3 Å². The number of hydrogen-bond acceptors (Lipinski definition) is 6. The first kappa shape index (κ1) is 14.8. The SMILES string of the molecule is N#CC1CN(c2cncc(SCc3ccccc3)n2)CCO1. The van der Waals surface area contributed by atoms with Gasteiger partial charge in [0.2, 0.25) is 0 Å². The Morgan fingerprint density at radius 3 is 3.00 bits per heavy atom. The van der Waals surface area contributed by atoms with Crippen molar-refractivity contribution in [3.63, 3.8) is 0 Å². The molecule has 0 N–H and O–H groups in total. The van der Waals surface area contributed by atoms with Gasteiger partial charge in [0.25, 0.3) is 0 Å². The lowest BCUT2D eigenvalue weighted by Gasteiger charge is -2.30. The summed E-state index contributed by atoms with van der Waals surface area (Å²) < 4.78 is 5.36. The van der Waals surface area contributed by atoms with Gasteiger partial charge in [0.15, 0.2) is 6.10 Å². The van der Waals surface area contributed by atoms with Crippen molar-refractivity contribution in [1.29, 1.82) is 5.26 Å². The van der Waals surface area contributed by atoms with Gasteiger partial charge in [-0.25, -0.2) is 4.98 Å². The van der Waals surface area contributed by atoms with Crippen LogP contribution in [0.4, 0.5) is 5.82 Å². The molecule has 1 unspecified atom stereocenters. The lowest BCUT2D eigenvalue weighted by molar-refractivity contribution is 0.0761. The molecule has 1 aromatic heterocycles. The molecule has 0 spiro atoms. The minimum Gasteiger partial charge on any atom is -0.360 e. The van der Waals surface area contributed by atoms with Crippen molar-refractivity contribution in [2.24, 2.45) is 0 Å². The van der Waals surface area contributed by atoms with Crippen LogP contribution in [-0.4, -0.2) is 35.8 Å². The van der Waals surface area contributed by atoms with Crippen LogP contribution in [0.2, 0.25) is 0 Å². The molecule has 1 aliphatic rings. The molecule has 0 bridgehead atoms. The third-order valence-electron chi connectivity index (χ3n) is 3.36. The number of hydrogen-bond donors (Lipinski definition) is 0. The topological polar surface area (TPSA) is 62.0 Å². The number of nitriles is 1. The molecule has 2 aromatic rings. The first-order valence-corrected chi connectivity index (χ1v) is 8.08. The number of aromatic nitrogens is 2. The number of nitrogens with zero attached hydrogens (tertiary/aromatic N) is 4. The Balaban J connectivity index is 1.66. The second-order valence-electron chi connectivity index (χ2n) is 4.92. The van der Waals surface area contributed by atoms with Crippen molar-refractivity contribution < 1.29 is 4.74 Å². The second kappa shape index (κ2) is 7.25. The Kier molecular flexibility index (Phi) is 4.88. The monoisotopic (exact) mass is 312 g/mol. The third-order valence-corrected chi connectivity index (χ3v) is 4.33. The number of benzene rings is 1. The second-order valence-corrected chi connectivity index (χ2v) is 5.92. The van der Waals surface area contributed by atoms with Crippen molar-refractivity contribution in [3.05, 3.63) is 48.3 Å². The molecule has 0 amide bonds. The van der Waals surface area contributed by atoms with E-state index in [1.165, 1.54) is 5.56 Å². The van der Waals surface area contributed by atoms with Crippen LogP contribution in [0.25, 0.3) is 0 Å². The molecule has 1 aromatic carbocycles. The van der Waals surface area contributed by atoms with Gasteiger partial charge in [0.05, 0.1) is 31.6 Å². The Morgan fingerprint density at radius 2 is 2.18 bits per heavy atom. The highest BCUT2D eigenvalue weighted by molar-refractivity contribution is 7.98. The van der Waals surface area contributed by atoms with Crippen LogP contribution in [0, 0.1) is 11.3 Å². The van der Waals surface area contributed by atoms with Crippen molar-refractivity contribution in [2.45, 2.75) is 16.9 Å². The lowest BCUT2D eigenvalue weighted by atomic mass is 10.2. The normalized spacial score (nSPS) is 18.0. The van der Waals surface area contributed by atoms with Crippen LogP contribution in [0.5, 0.6) is 0 Å². The van der Waals surface area contributed by atoms with E-state index in [1.807, 2.05) is 18.2 Å². The van der Waals surface area contributed by atoms with E-state index >= 15 is 0 Å². The highest BCUT2D eigenvalue weighted by Gasteiger charge is 2.21. The summed E-state index contributed by atoms with van der Waals surface area (Å²) in [6.07, 6.45) is 3.13. The summed E-state index contributed by atoms with van der Waals surface area (Å²) >= 11 is 1.66. The summed E-state index contributed by atoms with van der Waals surface area (Å²) in [6.45, 7) is 1.82. The fourth-order valence-electron chi connectivity index (χ4n) is 2.23. The minimum absolute atomic E-state index is 0.392. The predicted molar refractivity (Wildman–Crippen MR) is 85.6 cm³/mol. The third kappa shape index (κ3) is 3.75. The average molecular weight is 312 g/mol. The molecule has 1 saturated heterocycles. The zero-order valence-corrected chi connectivity index (χ0v) is 12.9. The lowest BCUT2D eigenvalue weighted by Crippen LogP contribution is -2.42. The van der Waals surface area contributed by atoms with Gasteiger partial charge in [-0.1, -0.05) is 30.3 Å². The fraction of sp³-hybridized carbons (Fsp3) is 0.312. The summed E-state index contributed by atoms with van der Waals surface area (Å²) in [4.78, 5) is 11.0. The van der Waals surface area contributed by atoms with Gasteiger partial charge >= 0.3 is 0 Å². The largest absolute Gasteiger partial charge is 0.360 e. The maximum Gasteiger partial charge on any atom is 0.161 e. The Bertz CT molecular complexity index is 659. The van der Waals surface area contributed by atoms with Crippen molar-refractivity contribution in [2.75, 3.05) is 24.6 Å². The maximum absolute atomic E-state index is 8.98. The minimum atomic E-state index is -0.392. The molecule has 22 heavy (non-hydrogen) atoms. The van der Waals surface area contributed by atoms with Gasteiger partial charge in [-0.15, -0.1) is 11.8 Å². The molecule has 0 radical (unpaired) electrons. The van der Waals surface area contributed by atoms with E-state index in [1.54, 1.807) is 24.2 Å². The van der Waals surface area contributed by atoms with Crippen LogP contribution < -0.4 is 4.90 Å². The summed E-state index contributed by atoms with van der Waals surface area (Å²) in [6, 6.07) is 12.4. The quantitative estimate of drug-likeness (QED) is 0.808. The van der Waals surface area contributed by atoms with E-state index in [-0.39, 0.29) is 0 Å². The highest BCUT2D eigenvalue weighted by atomic mass is 32.2. The smallest absolute Gasteiger partial charge is 0.161 e. The molecule has 0 aliphatic carbocycles. The van der Waals surface area contributed by atoms with Crippen LogP contribution in [0.1, 0.15) is 5.56 Å². The first-order valence-electron chi connectivity index (χ1n) is 7.10.